The van der Waals surface area contributed by atoms with Crippen LogP contribution in [0.25, 0.3) is 0 Å². The number of ether oxygens (including phenoxy) is 2. The summed E-state index contributed by atoms with van der Waals surface area (Å²) in [4.78, 5) is 0. The van der Waals surface area contributed by atoms with Gasteiger partial charge in [-0.2, -0.15) is 0 Å². The smallest absolute Gasteiger partial charge is 0.121 e. The van der Waals surface area contributed by atoms with Crippen molar-refractivity contribution in [1.29, 1.82) is 0 Å². The van der Waals surface area contributed by atoms with E-state index in [1.165, 1.54) is 0 Å². The summed E-state index contributed by atoms with van der Waals surface area (Å²) in [5.74, 6) is 0. The maximum absolute atomic E-state index is 5.37. The molecular formula is C6H11ClO2. The lowest BCUT2D eigenvalue weighted by molar-refractivity contribution is -0.0165. The Morgan fingerprint density at radius 2 is 2.11 bits per heavy atom. The summed E-state index contributed by atoms with van der Waals surface area (Å²) in [6.07, 6.45) is 2.33. The fourth-order valence-electron chi connectivity index (χ4n) is 0.932. The molecule has 0 aromatic rings. The molecule has 0 N–H and O–H groups in total. The predicted octanol–water partition coefficient (Wildman–Crippen LogP) is 1.38. The minimum atomic E-state index is 0.310. The first kappa shape index (κ1) is 7.32. The van der Waals surface area contributed by atoms with Crippen LogP contribution in [-0.2, 0) is 9.47 Å². The molecule has 2 nitrogen and oxygen atoms in total. The third kappa shape index (κ3) is 2.52. The monoisotopic (exact) mass is 150 g/mol. The maximum Gasteiger partial charge on any atom is 0.121 e. The van der Waals surface area contributed by atoms with E-state index in [-0.39, 0.29) is 0 Å². The zero-order valence-electron chi connectivity index (χ0n) is 5.31. The van der Waals surface area contributed by atoms with Crippen molar-refractivity contribution in [3.05, 3.63) is 0 Å². The van der Waals surface area contributed by atoms with Crippen molar-refractivity contribution >= 4 is 11.6 Å². The third-order valence-electron chi connectivity index (χ3n) is 1.47. The van der Waals surface area contributed by atoms with E-state index in [1.54, 1.807) is 0 Å². The van der Waals surface area contributed by atoms with Crippen LogP contribution in [0.5, 0.6) is 0 Å². The van der Waals surface area contributed by atoms with Gasteiger partial charge in [0.05, 0.1) is 6.10 Å². The van der Waals surface area contributed by atoms with E-state index in [9.17, 15) is 0 Å². The molecule has 0 aromatic heterocycles. The van der Waals surface area contributed by atoms with E-state index in [0.29, 0.717) is 12.2 Å². The van der Waals surface area contributed by atoms with Crippen molar-refractivity contribution in [2.24, 2.45) is 0 Å². The van der Waals surface area contributed by atoms with E-state index in [4.69, 9.17) is 21.1 Å². The molecule has 0 unspecified atom stereocenters. The molecule has 1 aliphatic heterocycles. The second kappa shape index (κ2) is 4.09. The predicted molar refractivity (Wildman–Crippen MR) is 35.6 cm³/mol. The number of hydrogen-bond acceptors (Lipinski definition) is 2. The summed E-state index contributed by atoms with van der Waals surface area (Å²) in [5.41, 5.74) is 0. The fourth-order valence-corrected chi connectivity index (χ4v) is 1.11. The molecule has 0 aromatic carbocycles. The molecule has 0 atom stereocenters. The van der Waals surface area contributed by atoms with Crippen LogP contribution < -0.4 is 0 Å². The highest BCUT2D eigenvalue weighted by atomic mass is 35.5. The quantitative estimate of drug-likeness (QED) is 0.554. The van der Waals surface area contributed by atoms with Crippen LogP contribution in [0, 0.1) is 0 Å². The molecule has 0 saturated carbocycles. The van der Waals surface area contributed by atoms with E-state index in [2.05, 4.69) is 0 Å². The molecule has 3 heteroatoms. The summed E-state index contributed by atoms with van der Waals surface area (Å²) in [6, 6.07) is 0.310. The van der Waals surface area contributed by atoms with E-state index >= 15 is 0 Å². The number of alkyl halides is 1. The van der Waals surface area contributed by atoms with Crippen LogP contribution in [0.1, 0.15) is 12.8 Å². The molecule has 0 radical (unpaired) electrons. The van der Waals surface area contributed by atoms with E-state index < -0.39 is 0 Å². The Bertz CT molecular complexity index is 68.7. The highest BCUT2D eigenvalue weighted by Gasteiger charge is 2.12. The summed E-state index contributed by atoms with van der Waals surface area (Å²) in [6.45, 7) is 1.64. The lowest BCUT2D eigenvalue weighted by Crippen LogP contribution is -2.22. The molecule has 9 heavy (non-hydrogen) atoms. The Kier molecular flexibility index (Phi) is 3.33. The molecule has 1 aliphatic rings. The van der Waals surface area contributed by atoms with Crippen molar-refractivity contribution in [1.82, 2.24) is 0 Å². The first-order chi connectivity index (χ1) is 4.43. The molecule has 1 saturated heterocycles. The number of halogens is 1. The zero-order chi connectivity index (χ0) is 6.53. The van der Waals surface area contributed by atoms with Crippen LogP contribution in [0.15, 0.2) is 0 Å². The van der Waals surface area contributed by atoms with Crippen molar-refractivity contribution in [3.8, 4) is 0 Å². The second-order valence-corrected chi connectivity index (χ2v) is 2.31. The second-order valence-electron chi connectivity index (χ2n) is 2.09. The number of rotatable bonds is 2. The Balaban J connectivity index is 2.08. The highest BCUT2D eigenvalue weighted by Crippen LogP contribution is 2.10. The summed E-state index contributed by atoms with van der Waals surface area (Å²) in [5, 5.41) is 0. The van der Waals surface area contributed by atoms with Gasteiger partial charge in [0, 0.05) is 13.2 Å². The van der Waals surface area contributed by atoms with Crippen molar-refractivity contribution in [2.75, 3.05) is 19.3 Å². The SMILES string of the molecule is ClCOC1CCOCC1. The third-order valence-corrected chi connectivity index (χ3v) is 1.59. The van der Waals surface area contributed by atoms with Gasteiger partial charge in [0.1, 0.15) is 6.07 Å². The summed E-state index contributed by atoms with van der Waals surface area (Å²) in [7, 11) is 0. The molecule has 0 amide bonds. The molecule has 0 aliphatic carbocycles. The average molecular weight is 151 g/mol. The van der Waals surface area contributed by atoms with Crippen molar-refractivity contribution in [3.63, 3.8) is 0 Å². The highest BCUT2D eigenvalue weighted by molar-refractivity contribution is 6.17. The van der Waals surface area contributed by atoms with Crippen LogP contribution >= 0.6 is 11.6 Å². The van der Waals surface area contributed by atoms with Gasteiger partial charge in [0.2, 0.25) is 0 Å². The van der Waals surface area contributed by atoms with Crippen LogP contribution in [0.2, 0.25) is 0 Å². The van der Waals surface area contributed by atoms with Crippen LogP contribution in [0.4, 0.5) is 0 Å². The first-order valence-corrected chi connectivity index (χ1v) is 3.72. The van der Waals surface area contributed by atoms with E-state index in [0.717, 1.165) is 26.1 Å². The fraction of sp³-hybridized carbons (Fsp3) is 1.00. The van der Waals surface area contributed by atoms with Gasteiger partial charge >= 0.3 is 0 Å². The molecule has 1 rings (SSSR count). The molecule has 54 valence electrons. The molecule has 1 fully saturated rings. The minimum absolute atomic E-state index is 0.310. The maximum atomic E-state index is 5.37. The van der Waals surface area contributed by atoms with Crippen molar-refractivity contribution in [2.45, 2.75) is 18.9 Å². The lowest BCUT2D eigenvalue weighted by atomic mass is 10.2. The minimum Gasteiger partial charge on any atom is -0.381 e. The Morgan fingerprint density at radius 3 is 2.67 bits per heavy atom. The van der Waals surface area contributed by atoms with Crippen molar-refractivity contribution < 1.29 is 9.47 Å². The van der Waals surface area contributed by atoms with Crippen LogP contribution in [-0.4, -0.2) is 25.4 Å². The van der Waals surface area contributed by atoms with Gasteiger partial charge in [-0.1, -0.05) is 11.6 Å². The standard InChI is InChI=1S/C6H11ClO2/c7-5-9-6-1-3-8-4-2-6/h6H,1-5H2. The normalized spacial score (nSPS) is 22.3. The van der Waals surface area contributed by atoms with Gasteiger partial charge in [-0.25, -0.2) is 0 Å². The molecule has 0 bridgehead atoms. The first-order valence-electron chi connectivity index (χ1n) is 3.19. The van der Waals surface area contributed by atoms with Gasteiger partial charge in [0.25, 0.3) is 0 Å². The summed E-state index contributed by atoms with van der Waals surface area (Å²) < 4.78 is 10.3. The molecular weight excluding hydrogens is 140 g/mol. The topological polar surface area (TPSA) is 18.5 Å². The van der Waals surface area contributed by atoms with Gasteiger partial charge in [-0.05, 0) is 12.8 Å². The van der Waals surface area contributed by atoms with Gasteiger partial charge < -0.3 is 9.47 Å². The van der Waals surface area contributed by atoms with Crippen LogP contribution in [0.3, 0.4) is 0 Å². The lowest BCUT2D eigenvalue weighted by Gasteiger charge is -2.20. The Labute approximate surface area is 60.1 Å². The largest absolute Gasteiger partial charge is 0.381 e. The van der Waals surface area contributed by atoms with Gasteiger partial charge in [-0.3, -0.25) is 0 Å². The number of hydrogen-bond donors (Lipinski definition) is 0. The van der Waals surface area contributed by atoms with Gasteiger partial charge in [0.15, 0.2) is 0 Å². The van der Waals surface area contributed by atoms with Gasteiger partial charge in [-0.15, -0.1) is 0 Å². The zero-order valence-corrected chi connectivity index (χ0v) is 6.06. The Morgan fingerprint density at radius 1 is 1.44 bits per heavy atom. The molecule has 0 spiro atoms. The molecule has 1 heterocycles. The average Bonchev–Trinajstić information content (AvgIpc) is 1.91. The van der Waals surface area contributed by atoms with E-state index in [1.807, 2.05) is 0 Å². The Hall–Kier alpha value is 0.210. The summed E-state index contributed by atoms with van der Waals surface area (Å²) >= 11 is 5.37.